The van der Waals surface area contributed by atoms with Gasteiger partial charge in [-0.2, -0.15) is 0 Å². The number of rotatable bonds is 7. The van der Waals surface area contributed by atoms with E-state index in [0.717, 1.165) is 5.69 Å². The van der Waals surface area contributed by atoms with Gasteiger partial charge < -0.3 is 20.2 Å². The quantitative estimate of drug-likeness (QED) is 0.725. The van der Waals surface area contributed by atoms with E-state index in [1.165, 1.54) is 4.90 Å². The van der Waals surface area contributed by atoms with Crippen molar-refractivity contribution >= 4 is 23.5 Å². The number of anilines is 1. The molecule has 0 saturated heterocycles. The predicted octanol–water partition coefficient (Wildman–Crippen LogP) is -0.218. The first-order chi connectivity index (χ1) is 9.90. The van der Waals surface area contributed by atoms with Crippen molar-refractivity contribution in [3.05, 3.63) is 30.3 Å². The molecule has 0 aliphatic heterocycles. The van der Waals surface area contributed by atoms with Crippen molar-refractivity contribution in [3.63, 3.8) is 0 Å². The Bertz CT molecular complexity index is 502. The number of nitrogens with one attached hydrogen (secondary N) is 1. The second kappa shape index (κ2) is 7.88. The van der Waals surface area contributed by atoms with E-state index in [1.54, 1.807) is 43.3 Å². The lowest BCUT2D eigenvalue weighted by Crippen LogP contribution is -2.43. The Hall–Kier alpha value is -2.57. The monoisotopic (exact) mass is 293 g/mol. The van der Waals surface area contributed by atoms with Crippen LogP contribution in [0.25, 0.3) is 0 Å². The first kappa shape index (κ1) is 16.5. The largest absolute Gasteiger partial charge is 0.480 e. The van der Waals surface area contributed by atoms with Gasteiger partial charge in [0, 0.05) is 19.8 Å². The highest BCUT2D eigenvalue weighted by molar-refractivity contribution is 5.87. The van der Waals surface area contributed by atoms with Gasteiger partial charge in [0.2, 0.25) is 11.8 Å². The third kappa shape index (κ3) is 5.94. The van der Waals surface area contributed by atoms with Crippen molar-refractivity contribution in [1.82, 2.24) is 10.2 Å². The molecular weight excluding hydrogens is 274 g/mol. The van der Waals surface area contributed by atoms with Crippen LogP contribution in [-0.4, -0.2) is 61.5 Å². The number of carboxylic acid groups (broad SMARTS) is 1. The van der Waals surface area contributed by atoms with E-state index in [0.29, 0.717) is 0 Å². The first-order valence-electron chi connectivity index (χ1n) is 6.38. The third-order valence-corrected chi connectivity index (χ3v) is 2.72. The molecule has 0 aliphatic carbocycles. The SMILES string of the molecule is CN(C)C(=O)CN(CC(=O)NCC(=O)O)c1ccccc1. The minimum atomic E-state index is -1.11. The summed E-state index contributed by atoms with van der Waals surface area (Å²) in [5, 5.41) is 10.8. The Labute approximate surface area is 123 Å². The highest BCUT2D eigenvalue weighted by Gasteiger charge is 2.16. The van der Waals surface area contributed by atoms with Crippen LogP contribution in [0.5, 0.6) is 0 Å². The maximum absolute atomic E-state index is 11.8. The second-order valence-corrected chi connectivity index (χ2v) is 4.65. The molecule has 0 aliphatic rings. The normalized spacial score (nSPS) is 9.81. The molecule has 1 rings (SSSR count). The molecule has 7 nitrogen and oxygen atoms in total. The fraction of sp³-hybridized carbons (Fsp3) is 0.357. The number of hydrogen-bond donors (Lipinski definition) is 2. The van der Waals surface area contributed by atoms with Crippen molar-refractivity contribution in [2.24, 2.45) is 0 Å². The molecule has 0 bridgehead atoms. The van der Waals surface area contributed by atoms with Gasteiger partial charge >= 0.3 is 5.97 Å². The summed E-state index contributed by atoms with van der Waals surface area (Å²) in [6, 6.07) is 9.01. The Morgan fingerprint density at radius 2 is 1.71 bits per heavy atom. The number of amides is 2. The summed E-state index contributed by atoms with van der Waals surface area (Å²) in [5.74, 6) is -1.71. The van der Waals surface area contributed by atoms with E-state index >= 15 is 0 Å². The Morgan fingerprint density at radius 3 is 2.24 bits per heavy atom. The van der Waals surface area contributed by atoms with Gasteiger partial charge in [-0.15, -0.1) is 0 Å². The van der Waals surface area contributed by atoms with Gasteiger partial charge in [0.15, 0.2) is 0 Å². The van der Waals surface area contributed by atoms with Gasteiger partial charge in [0.25, 0.3) is 0 Å². The van der Waals surface area contributed by atoms with E-state index in [1.807, 2.05) is 6.07 Å². The summed E-state index contributed by atoms with van der Waals surface area (Å²) < 4.78 is 0. The lowest BCUT2D eigenvalue weighted by atomic mass is 10.2. The lowest BCUT2D eigenvalue weighted by Gasteiger charge is -2.25. The average molecular weight is 293 g/mol. The number of carbonyl (C=O) groups is 3. The Kier molecular flexibility index (Phi) is 6.19. The number of likely N-dealkylation sites (N-methyl/N-ethyl adjacent to an activating group) is 1. The number of hydrogen-bond acceptors (Lipinski definition) is 4. The number of benzene rings is 1. The fourth-order valence-electron chi connectivity index (χ4n) is 1.59. The molecule has 0 aromatic heterocycles. The van der Waals surface area contributed by atoms with Crippen LogP contribution >= 0.6 is 0 Å². The first-order valence-corrected chi connectivity index (χ1v) is 6.38. The maximum Gasteiger partial charge on any atom is 0.322 e. The molecule has 114 valence electrons. The van der Waals surface area contributed by atoms with Crippen LogP contribution in [0, 0.1) is 0 Å². The molecule has 0 fully saturated rings. The molecule has 1 aromatic carbocycles. The second-order valence-electron chi connectivity index (χ2n) is 4.65. The average Bonchev–Trinajstić information content (AvgIpc) is 2.45. The number of carbonyl (C=O) groups excluding carboxylic acids is 2. The number of para-hydroxylation sites is 1. The summed E-state index contributed by atoms with van der Waals surface area (Å²) >= 11 is 0. The van der Waals surface area contributed by atoms with Gasteiger partial charge in [-0.25, -0.2) is 0 Å². The molecule has 0 saturated carbocycles. The molecule has 21 heavy (non-hydrogen) atoms. The zero-order chi connectivity index (χ0) is 15.8. The van der Waals surface area contributed by atoms with Crippen LogP contribution in [0.3, 0.4) is 0 Å². The Balaban J connectivity index is 2.75. The van der Waals surface area contributed by atoms with E-state index in [4.69, 9.17) is 5.11 Å². The van der Waals surface area contributed by atoms with Gasteiger partial charge in [-0.1, -0.05) is 18.2 Å². The highest BCUT2D eigenvalue weighted by atomic mass is 16.4. The molecule has 1 aromatic rings. The molecule has 2 N–H and O–H groups in total. The molecular formula is C14H19N3O4. The predicted molar refractivity (Wildman–Crippen MR) is 78.0 cm³/mol. The minimum absolute atomic E-state index is 0.0392. The van der Waals surface area contributed by atoms with E-state index in [2.05, 4.69) is 5.32 Å². The topological polar surface area (TPSA) is 90.0 Å². The number of aliphatic carboxylic acids is 1. The molecule has 7 heteroatoms. The Morgan fingerprint density at radius 1 is 1.10 bits per heavy atom. The lowest BCUT2D eigenvalue weighted by molar-refractivity contribution is -0.137. The van der Waals surface area contributed by atoms with Crippen molar-refractivity contribution in [1.29, 1.82) is 0 Å². The van der Waals surface area contributed by atoms with Crippen LogP contribution in [0.4, 0.5) is 5.69 Å². The smallest absolute Gasteiger partial charge is 0.322 e. The van der Waals surface area contributed by atoms with Gasteiger partial charge in [-0.3, -0.25) is 14.4 Å². The fourth-order valence-corrected chi connectivity index (χ4v) is 1.59. The number of carboxylic acids is 1. The van der Waals surface area contributed by atoms with Crippen molar-refractivity contribution < 1.29 is 19.5 Å². The molecule has 2 amide bonds. The standard InChI is InChI=1S/C14H19N3O4/c1-16(2)13(19)10-17(11-6-4-3-5-7-11)9-12(18)15-8-14(20)21/h3-7H,8-10H2,1-2H3,(H,15,18)(H,20,21). The molecule has 0 heterocycles. The summed E-state index contributed by atoms with van der Waals surface area (Å²) in [6.45, 7) is -0.489. The van der Waals surface area contributed by atoms with E-state index < -0.39 is 18.4 Å². The number of nitrogens with zero attached hydrogens (tertiary/aromatic N) is 2. The van der Waals surface area contributed by atoms with Gasteiger partial charge in [0.05, 0.1) is 13.1 Å². The minimum Gasteiger partial charge on any atom is -0.480 e. The van der Waals surface area contributed by atoms with Crippen molar-refractivity contribution in [2.75, 3.05) is 38.6 Å². The van der Waals surface area contributed by atoms with Crippen LogP contribution < -0.4 is 10.2 Å². The summed E-state index contributed by atoms with van der Waals surface area (Å²) in [6.07, 6.45) is 0. The molecule has 0 unspecified atom stereocenters. The zero-order valence-corrected chi connectivity index (χ0v) is 12.1. The van der Waals surface area contributed by atoms with Crippen LogP contribution in [-0.2, 0) is 14.4 Å². The molecule has 0 spiro atoms. The van der Waals surface area contributed by atoms with E-state index in [9.17, 15) is 14.4 Å². The van der Waals surface area contributed by atoms with Gasteiger partial charge in [0.1, 0.15) is 6.54 Å². The van der Waals surface area contributed by atoms with Crippen LogP contribution in [0.2, 0.25) is 0 Å². The van der Waals surface area contributed by atoms with Crippen molar-refractivity contribution in [3.8, 4) is 0 Å². The zero-order valence-electron chi connectivity index (χ0n) is 12.1. The van der Waals surface area contributed by atoms with Crippen molar-refractivity contribution in [2.45, 2.75) is 0 Å². The highest BCUT2D eigenvalue weighted by Crippen LogP contribution is 2.12. The summed E-state index contributed by atoms with van der Waals surface area (Å²) in [5.41, 5.74) is 0.721. The van der Waals surface area contributed by atoms with Gasteiger partial charge in [-0.05, 0) is 12.1 Å². The third-order valence-electron chi connectivity index (χ3n) is 2.72. The molecule has 0 atom stereocenters. The van der Waals surface area contributed by atoms with Crippen LogP contribution in [0.1, 0.15) is 0 Å². The van der Waals surface area contributed by atoms with E-state index in [-0.39, 0.29) is 19.0 Å². The maximum atomic E-state index is 11.8. The van der Waals surface area contributed by atoms with Crippen LogP contribution in [0.15, 0.2) is 30.3 Å². The summed E-state index contributed by atoms with van der Waals surface area (Å²) in [4.78, 5) is 37.0. The summed E-state index contributed by atoms with van der Waals surface area (Å²) in [7, 11) is 3.27. The molecule has 0 radical (unpaired) electrons.